The molecule has 3 aromatic rings. The second-order valence-electron chi connectivity index (χ2n) is 14.5. The van der Waals surface area contributed by atoms with E-state index in [4.69, 9.17) is 9.47 Å². The van der Waals surface area contributed by atoms with E-state index in [2.05, 4.69) is 11.1 Å². The number of thiophene rings is 1. The molecule has 2 aromatic heterocycles. The zero-order valence-electron chi connectivity index (χ0n) is 30.9. The summed E-state index contributed by atoms with van der Waals surface area (Å²) in [6, 6.07) is 10.8. The number of benzene rings is 1. The summed E-state index contributed by atoms with van der Waals surface area (Å²) in [6.07, 6.45) is -5.22. The molecule has 2 saturated heterocycles. The molecule has 0 saturated carbocycles. The van der Waals surface area contributed by atoms with Crippen LogP contribution in [0.15, 0.2) is 65.7 Å². The van der Waals surface area contributed by atoms with E-state index in [-0.39, 0.29) is 70.0 Å². The van der Waals surface area contributed by atoms with Crippen LogP contribution in [0.2, 0.25) is 0 Å². The number of amides is 2. The van der Waals surface area contributed by atoms with Gasteiger partial charge in [-0.15, -0.1) is 11.3 Å². The number of rotatable bonds is 11. The highest BCUT2D eigenvalue weighted by Gasteiger charge is 2.57. The van der Waals surface area contributed by atoms with Crippen LogP contribution in [0, 0.1) is 17.2 Å². The van der Waals surface area contributed by atoms with E-state index in [9.17, 15) is 46.3 Å². The number of halogens is 6. The summed E-state index contributed by atoms with van der Waals surface area (Å²) in [6.45, 7) is 1.88. The molecule has 0 bridgehead atoms. The topological polar surface area (TPSA) is 133 Å². The Morgan fingerprint density at radius 2 is 1.77 bits per heavy atom. The van der Waals surface area contributed by atoms with E-state index in [0.29, 0.717) is 47.5 Å². The first kappa shape index (κ1) is 41.5. The summed E-state index contributed by atoms with van der Waals surface area (Å²) in [5.74, 6) is -2.70. The highest BCUT2D eigenvalue weighted by atomic mass is 32.1. The number of ether oxygens (including phenoxy) is 2. The molecular formula is C40H40F6N4O6S. The Morgan fingerprint density at radius 3 is 2.40 bits per heavy atom. The van der Waals surface area contributed by atoms with Crippen molar-refractivity contribution in [2.24, 2.45) is 5.92 Å². The minimum Gasteiger partial charge on any atom is -0.493 e. The van der Waals surface area contributed by atoms with Gasteiger partial charge in [-0.25, -0.2) is 4.79 Å². The summed E-state index contributed by atoms with van der Waals surface area (Å²) in [5.41, 5.74) is -4.36. The van der Waals surface area contributed by atoms with E-state index in [1.165, 1.54) is 4.90 Å². The number of aromatic nitrogens is 1. The van der Waals surface area contributed by atoms with Gasteiger partial charge in [-0.1, -0.05) is 37.6 Å². The van der Waals surface area contributed by atoms with Gasteiger partial charge in [0.1, 0.15) is 22.1 Å². The average molecular weight is 819 g/mol. The largest absolute Gasteiger partial charge is 0.493 e. The second kappa shape index (κ2) is 16.4. The molecule has 0 unspecified atom stereocenters. The number of hydrogen-bond acceptors (Lipinski definition) is 8. The quantitative estimate of drug-likeness (QED) is 0.191. The third-order valence-electron chi connectivity index (χ3n) is 11.0. The van der Waals surface area contributed by atoms with Gasteiger partial charge in [-0.05, 0) is 56.7 Å². The zero-order chi connectivity index (χ0) is 41.2. The van der Waals surface area contributed by atoms with Crippen molar-refractivity contribution in [2.75, 3.05) is 26.2 Å². The molecule has 6 rings (SSSR count). The molecule has 1 N–H and O–H groups in total. The summed E-state index contributed by atoms with van der Waals surface area (Å²) in [5, 5.41) is 21.1. The van der Waals surface area contributed by atoms with E-state index >= 15 is 4.79 Å². The molecule has 2 amide bonds. The van der Waals surface area contributed by atoms with Crippen molar-refractivity contribution in [3.63, 3.8) is 0 Å². The number of alkyl halides is 6. The number of piperidine rings is 2. The van der Waals surface area contributed by atoms with Crippen molar-refractivity contribution in [3.8, 4) is 17.6 Å². The van der Waals surface area contributed by atoms with Crippen LogP contribution in [-0.2, 0) is 27.4 Å². The number of nitriles is 1. The fourth-order valence-corrected chi connectivity index (χ4v) is 8.84. The highest BCUT2D eigenvalue weighted by Crippen LogP contribution is 2.45. The molecule has 1 aliphatic carbocycles. The number of carbonyl (C=O) groups excluding carboxylic acids is 2. The lowest BCUT2D eigenvalue weighted by atomic mass is 9.72. The Kier molecular flexibility index (Phi) is 11.9. The number of para-hydroxylation sites is 1. The van der Waals surface area contributed by atoms with E-state index in [1.54, 1.807) is 37.3 Å². The molecule has 0 spiro atoms. The molecule has 3 atom stereocenters. The smallest absolute Gasteiger partial charge is 0.425 e. The van der Waals surface area contributed by atoms with E-state index in [0.717, 1.165) is 34.7 Å². The van der Waals surface area contributed by atoms with Crippen LogP contribution < -0.4 is 9.47 Å². The van der Waals surface area contributed by atoms with Crippen molar-refractivity contribution >= 4 is 29.1 Å². The third kappa shape index (κ3) is 8.46. The average Bonchev–Trinajstić information content (AvgIpc) is 3.88. The molecule has 0 radical (unpaired) electrons. The van der Waals surface area contributed by atoms with Crippen LogP contribution in [-0.4, -0.2) is 75.6 Å². The van der Waals surface area contributed by atoms with Crippen molar-refractivity contribution in [2.45, 2.75) is 87.7 Å². The van der Waals surface area contributed by atoms with Gasteiger partial charge in [0.05, 0.1) is 29.7 Å². The Morgan fingerprint density at radius 1 is 1.04 bits per heavy atom. The van der Waals surface area contributed by atoms with Gasteiger partial charge >= 0.3 is 18.3 Å². The summed E-state index contributed by atoms with van der Waals surface area (Å²) in [4.78, 5) is 45.9. The van der Waals surface area contributed by atoms with Gasteiger partial charge in [-0.2, -0.15) is 31.6 Å². The zero-order valence-corrected chi connectivity index (χ0v) is 31.7. The fourth-order valence-electron chi connectivity index (χ4n) is 8.16. The van der Waals surface area contributed by atoms with Gasteiger partial charge in [0.2, 0.25) is 5.60 Å². The van der Waals surface area contributed by atoms with Gasteiger partial charge in [0.15, 0.2) is 0 Å². The molecule has 2 aliphatic heterocycles. The number of carboxylic acids is 1. The first-order valence-corrected chi connectivity index (χ1v) is 19.5. The summed E-state index contributed by atoms with van der Waals surface area (Å²) >= 11 is 0.362. The lowest BCUT2D eigenvalue weighted by Gasteiger charge is -2.51. The summed E-state index contributed by atoms with van der Waals surface area (Å²) in [7, 11) is 0. The normalized spacial score (nSPS) is 22.4. The maximum Gasteiger partial charge on any atom is 0.425 e. The first-order chi connectivity index (χ1) is 27.0. The Hall–Kier alpha value is -5.11. The van der Waals surface area contributed by atoms with Crippen LogP contribution in [0.1, 0.15) is 84.8 Å². The van der Waals surface area contributed by atoms with Crippen LogP contribution in [0.4, 0.5) is 26.3 Å². The van der Waals surface area contributed by atoms with Gasteiger partial charge < -0.3 is 24.4 Å². The molecule has 3 aliphatic rings. The van der Waals surface area contributed by atoms with Gasteiger partial charge in [0, 0.05) is 60.8 Å². The van der Waals surface area contributed by atoms with Gasteiger partial charge in [-0.3, -0.25) is 14.6 Å². The molecular weight excluding hydrogens is 779 g/mol. The predicted molar refractivity (Wildman–Crippen MR) is 194 cm³/mol. The molecule has 1 aromatic carbocycles. The molecule has 17 heteroatoms. The lowest BCUT2D eigenvalue weighted by Crippen LogP contribution is -2.68. The number of aliphatic carboxylic acids is 1. The molecule has 304 valence electrons. The number of likely N-dealkylation sites (tertiary alicyclic amines) is 2. The monoisotopic (exact) mass is 818 g/mol. The number of hydrogen-bond donors (Lipinski definition) is 1. The summed E-state index contributed by atoms with van der Waals surface area (Å²) < 4.78 is 96.0. The number of carboxylic acid groups (broad SMARTS) is 1. The Bertz CT molecular complexity index is 2050. The molecule has 4 heterocycles. The Balaban J connectivity index is 1.31. The van der Waals surface area contributed by atoms with Crippen LogP contribution >= 0.6 is 11.3 Å². The minimum atomic E-state index is -4.93. The van der Waals surface area contributed by atoms with Crippen molar-refractivity contribution in [3.05, 3.63) is 87.4 Å². The Labute approximate surface area is 328 Å². The third-order valence-corrected chi connectivity index (χ3v) is 11.9. The predicted octanol–water partition coefficient (Wildman–Crippen LogP) is 8.29. The van der Waals surface area contributed by atoms with Crippen LogP contribution in [0.3, 0.4) is 0 Å². The van der Waals surface area contributed by atoms with Gasteiger partial charge in [0.25, 0.3) is 11.8 Å². The maximum atomic E-state index is 15.0. The van der Waals surface area contributed by atoms with E-state index in [1.807, 2.05) is 0 Å². The molecule has 10 nitrogen and oxygen atoms in total. The van der Waals surface area contributed by atoms with Crippen molar-refractivity contribution < 1.29 is 55.3 Å². The highest BCUT2D eigenvalue weighted by molar-refractivity contribution is 7.10. The van der Waals surface area contributed by atoms with E-state index < -0.39 is 63.3 Å². The number of nitrogens with zero attached hydrogens (tertiary/aromatic N) is 4. The minimum absolute atomic E-state index is 0.00185. The van der Waals surface area contributed by atoms with Crippen molar-refractivity contribution in [1.29, 1.82) is 5.26 Å². The number of carbonyl (C=O) groups is 3. The molecule has 57 heavy (non-hydrogen) atoms. The fraction of sp³-hybridized carbons (Fsp3) is 0.475. The second-order valence-corrected chi connectivity index (χ2v) is 15.4. The standard InChI is InChI=1S/C40H40F6N4O6S/c1-2-7-31-38(56-27-21-32(57-23-27)40(44,45)46,13-6-17-50(31)34(51)33-29(39(41,42)43)9-5-16-48-33)36(54)49-18-14-37(24-47,15-19-49)28-8-3-4-10-30(28)55-22-25-11-12-26(20-25)35(52)53/h3-5,8-10,16,20-21,23,25,31H,2,6-7,11-15,17-19,22H2,1H3,(H,52,53)/t25-,31+,38-/m0/s1. The van der Waals surface area contributed by atoms with Crippen LogP contribution in [0.5, 0.6) is 11.5 Å². The maximum absolute atomic E-state index is 15.0. The molecule has 2 fully saturated rings. The lowest BCUT2D eigenvalue weighted by molar-refractivity contribution is -0.160. The first-order valence-electron chi connectivity index (χ1n) is 18.6. The SMILES string of the molecule is CCC[C@H]1N(C(=O)c2ncccc2C(F)(F)F)CCC[C@@]1(Oc1csc(C(F)(F)F)c1)C(=O)N1CCC(C#N)(c2ccccc2OC[C@@H]2C=C(C(=O)O)CC2)CC1. The van der Waals surface area contributed by atoms with Crippen molar-refractivity contribution in [1.82, 2.24) is 14.8 Å². The van der Waals surface area contributed by atoms with Crippen LogP contribution in [0.25, 0.3) is 0 Å². The number of pyridine rings is 1.